The van der Waals surface area contributed by atoms with E-state index in [1.165, 1.54) is 21.3 Å². The number of esters is 1. The van der Waals surface area contributed by atoms with Crippen molar-refractivity contribution < 1.29 is 38.0 Å². The SMILES string of the molecule is COc1cc(CCOC(=O)c2cc(OC)c(OC)c(OC)c2)cc(OC)c1OC. The molecule has 0 aromatic heterocycles. The first kappa shape index (κ1) is 22.0. The van der Waals surface area contributed by atoms with E-state index in [1.54, 1.807) is 33.5 Å². The van der Waals surface area contributed by atoms with Gasteiger partial charge in [0, 0.05) is 6.42 Å². The van der Waals surface area contributed by atoms with Crippen molar-refractivity contribution in [1.29, 1.82) is 0 Å². The fourth-order valence-corrected chi connectivity index (χ4v) is 2.82. The molecule has 0 aliphatic rings. The van der Waals surface area contributed by atoms with E-state index in [1.807, 2.05) is 12.1 Å². The average Bonchev–Trinajstić information content (AvgIpc) is 2.76. The number of benzene rings is 2. The molecule has 8 nitrogen and oxygen atoms in total. The smallest absolute Gasteiger partial charge is 0.338 e. The minimum Gasteiger partial charge on any atom is -0.493 e. The van der Waals surface area contributed by atoms with E-state index in [0.717, 1.165) is 5.56 Å². The zero-order chi connectivity index (χ0) is 21.4. The predicted octanol–water partition coefficient (Wildman–Crippen LogP) is 3.14. The summed E-state index contributed by atoms with van der Waals surface area (Å²) in [5.74, 6) is 2.25. The topological polar surface area (TPSA) is 81.7 Å². The second-order valence-electron chi connectivity index (χ2n) is 5.83. The zero-order valence-corrected chi connectivity index (χ0v) is 17.5. The molecule has 0 unspecified atom stereocenters. The van der Waals surface area contributed by atoms with Crippen molar-refractivity contribution in [1.82, 2.24) is 0 Å². The van der Waals surface area contributed by atoms with Gasteiger partial charge < -0.3 is 33.2 Å². The van der Waals surface area contributed by atoms with Gasteiger partial charge in [-0.1, -0.05) is 0 Å². The normalized spacial score (nSPS) is 10.1. The van der Waals surface area contributed by atoms with Crippen LogP contribution in [0.25, 0.3) is 0 Å². The molecule has 2 aromatic rings. The summed E-state index contributed by atoms with van der Waals surface area (Å²) in [5.41, 5.74) is 1.17. The molecule has 0 aliphatic carbocycles. The second kappa shape index (κ2) is 10.3. The van der Waals surface area contributed by atoms with Crippen molar-refractivity contribution in [2.75, 3.05) is 49.3 Å². The molecule has 0 heterocycles. The van der Waals surface area contributed by atoms with Gasteiger partial charge in [0.15, 0.2) is 23.0 Å². The largest absolute Gasteiger partial charge is 0.493 e. The molecule has 0 bridgehead atoms. The van der Waals surface area contributed by atoms with Gasteiger partial charge in [-0.15, -0.1) is 0 Å². The molecule has 0 radical (unpaired) electrons. The highest BCUT2D eigenvalue weighted by Gasteiger charge is 2.18. The Morgan fingerprint density at radius 1 is 0.655 bits per heavy atom. The van der Waals surface area contributed by atoms with Crippen LogP contribution in [-0.2, 0) is 11.2 Å². The van der Waals surface area contributed by atoms with Crippen LogP contribution in [0.4, 0.5) is 0 Å². The fraction of sp³-hybridized carbons (Fsp3) is 0.381. The van der Waals surface area contributed by atoms with Crippen LogP contribution < -0.4 is 28.4 Å². The Kier molecular flexibility index (Phi) is 7.82. The van der Waals surface area contributed by atoms with Gasteiger partial charge in [0.05, 0.1) is 54.8 Å². The van der Waals surface area contributed by atoms with Crippen molar-refractivity contribution in [3.63, 3.8) is 0 Å². The Labute approximate surface area is 170 Å². The maximum atomic E-state index is 12.5. The van der Waals surface area contributed by atoms with Crippen molar-refractivity contribution in [2.45, 2.75) is 6.42 Å². The molecule has 29 heavy (non-hydrogen) atoms. The number of carbonyl (C=O) groups excluding carboxylic acids is 1. The lowest BCUT2D eigenvalue weighted by Crippen LogP contribution is -2.09. The minimum atomic E-state index is -0.503. The van der Waals surface area contributed by atoms with Gasteiger partial charge in [0.2, 0.25) is 11.5 Å². The summed E-state index contributed by atoms with van der Waals surface area (Å²) in [6, 6.07) is 6.72. The molecular formula is C21H26O8. The lowest BCUT2D eigenvalue weighted by Gasteiger charge is -2.15. The Hall–Kier alpha value is -3.29. The highest BCUT2D eigenvalue weighted by atomic mass is 16.5. The van der Waals surface area contributed by atoms with Crippen molar-refractivity contribution >= 4 is 5.97 Å². The van der Waals surface area contributed by atoms with Gasteiger partial charge in [-0.25, -0.2) is 4.79 Å². The summed E-state index contributed by atoms with van der Waals surface area (Å²) >= 11 is 0. The summed E-state index contributed by atoms with van der Waals surface area (Å²) < 4.78 is 37.2. The predicted molar refractivity (Wildman–Crippen MR) is 106 cm³/mol. The van der Waals surface area contributed by atoms with Gasteiger partial charge in [-0.3, -0.25) is 0 Å². The van der Waals surface area contributed by atoms with E-state index < -0.39 is 5.97 Å². The zero-order valence-electron chi connectivity index (χ0n) is 17.5. The van der Waals surface area contributed by atoms with Crippen molar-refractivity contribution in [3.05, 3.63) is 35.4 Å². The molecule has 0 atom stereocenters. The number of rotatable bonds is 10. The van der Waals surface area contributed by atoms with E-state index >= 15 is 0 Å². The first-order valence-electron chi connectivity index (χ1n) is 8.78. The van der Waals surface area contributed by atoms with Crippen LogP contribution in [0.5, 0.6) is 34.5 Å². The van der Waals surface area contributed by atoms with Crippen LogP contribution in [0.3, 0.4) is 0 Å². The third kappa shape index (κ3) is 4.96. The van der Waals surface area contributed by atoms with E-state index in [2.05, 4.69) is 0 Å². The van der Waals surface area contributed by atoms with Gasteiger partial charge in [0.25, 0.3) is 0 Å². The maximum Gasteiger partial charge on any atom is 0.338 e. The van der Waals surface area contributed by atoms with Gasteiger partial charge in [-0.2, -0.15) is 0 Å². The van der Waals surface area contributed by atoms with Crippen LogP contribution >= 0.6 is 0 Å². The van der Waals surface area contributed by atoms with E-state index in [-0.39, 0.29) is 6.61 Å². The van der Waals surface area contributed by atoms with Crippen LogP contribution in [0, 0.1) is 0 Å². The highest BCUT2D eigenvalue weighted by molar-refractivity contribution is 5.91. The van der Waals surface area contributed by atoms with Gasteiger partial charge >= 0.3 is 5.97 Å². The Morgan fingerprint density at radius 3 is 1.45 bits per heavy atom. The van der Waals surface area contributed by atoms with Gasteiger partial charge in [0.1, 0.15) is 0 Å². The van der Waals surface area contributed by atoms with Crippen LogP contribution in [0.1, 0.15) is 15.9 Å². The summed E-state index contributed by atoms with van der Waals surface area (Å²) in [7, 11) is 9.10. The molecule has 2 rings (SSSR count). The lowest BCUT2D eigenvalue weighted by molar-refractivity contribution is 0.0508. The first-order chi connectivity index (χ1) is 14.0. The van der Waals surface area contributed by atoms with E-state index in [9.17, 15) is 4.79 Å². The highest BCUT2D eigenvalue weighted by Crippen LogP contribution is 2.39. The number of carbonyl (C=O) groups is 1. The molecule has 0 N–H and O–H groups in total. The molecule has 0 fully saturated rings. The quantitative estimate of drug-likeness (QED) is 0.557. The molecule has 8 heteroatoms. The average molecular weight is 406 g/mol. The first-order valence-corrected chi connectivity index (χ1v) is 8.78. The fourth-order valence-electron chi connectivity index (χ4n) is 2.82. The molecule has 0 amide bonds. The Morgan fingerprint density at radius 2 is 1.07 bits per heavy atom. The molecule has 2 aromatic carbocycles. The monoisotopic (exact) mass is 406 g/mol. The molecular weight excluding hydrogens is 380 g/mol. The van der Waals surface area contributed by atoms with Crippen LogP contribution in [-0.4, -0.2) is 55.2 Å². The molecule has 158 valence electrons. The van der Waals surface area contributed by atoms with Crippen molar-refractivity contribution in [3.8, 4) is 34.5 Å². The number of methoxy groups -OCH3 is 6. The van der Waals surface area contributed by atoms with Crippen LogP contribution in [0.2, 0.25) is 0 Å². The number of hydrogen-bond acceptors (Lipinski definition) is 8. The van der Waals surface area contributed by atoms with E-state index in [0.29, 0.717) is 46.5 Å². The molecule has 0 saturated carbocycles. The minimum absolute atomic E-state index is 0.161. The summed E-state index contributed by atoms with van der Waals surface area (Å²) in [6.45, 7) is 0.161. The number of hydrogen-bond donors (Lipinski definition) is 0. The van der Waals surface area contributed by atoms with Gasteiger partial charge in [-0.05, 0) is 29.8 Å². The van der Waals surface area contributed by atoms with Crippen molar-refractivity contribution in [2.24, 2.45) is 0 Å². The standard InChI is InChI=1S/C21H26O8/c1-23-15-9-13(10-16(24-2)19(15)27-5)7-8-29-21(22)14-11-17(25-3)20(28-6)18(12-14)26-4/h9-12H,7-8H2,1-6H3. The van der Waals surface area contributed by atoms with E-state index in [4.69, 9.17) is 33.2 Å². The molecule has 0 saturated heterocycles. The summed E-state index contributed by atoms with van der Waals surface area (Å²) in [4.78, 5) is 12.5. The maximum absolute atomic E-state index is 12.5. The molecule has 0 aliphatic heterocycles. The summed E-state index contributed by atoms with van der Waals surface area (Å²) in [5, 5.41) is 0. The number of ether oxygens (including phenoxy) is 7. The summed E-state index contributed by atoms with van der Waals surface area (Å²) in [6.07, 6.45) is 0.465. The second-order valence-corrected chi connectivity index (χ2v) is 5.83. The molecule has 0 spiro atoms. The third-order valence-corrected chi connectivity index (χ3v) is 4.25. The lowest BCUT2D eigenvalue weighted by atomic mass is 10.1. The third-order valence-electron chi connectivity index (χ3n) is 4.25. The van der Waals surface area contributed by atoms with Crippen LogP contribution in [0.15, 0.2) is 24.3 Å². The Bertz CT molecular complexity index is 797. The Balaban J connectivity index is 2.12.